The van der Waals surface area contributed by atoms with E-state index < -0.39 is 5.82 Å². The van der Waals surface area contributed by atoms with Gasteiger partial charge in [-0.1, -0.05) is 6.58 Å². The Morgan fingerprint density at radius 2 is 2.11 bits per heavy atom. The zero-order chi connectivity index (χ0) is 24.4. The second-order valence-corrected chi connectivity index (χ2v) is 8.36. The molecule has 5 rings (SSSR count). The number of nitrogens with zero attached hydrogens (tertiary/aromatic N) is 3. The first-order chi connectivity index (χ1) is 17.1. The summed E-state index contributed by atoms with van der Waals surface area (Å²) in [6.07, 6.45) is 5.71. The van der Waals surface area contributed by atoms with Crippen molar-refractivity contribution < 1.29 is 28.1 Å². The first-order valence-corrected chi connectivity index (χ1v) is 11.4. The molecule has 9 nitrogen and oxygen atoms in total. The highest BCUT2D eigenvalue weighted by Crippen LogP contribution is 2.45. The van der Waals surface area contributed by atoms with Gasteiger partial charge in [0.15, 0.2) is 28.8 Å². The van der Waals surface area contributed by atoms with Crippen LogP contribution >= 0.6 is 0 Å². The van der Waals surface area contributed by atoms with Gasteiger partial charge in [0, 0.05) is 30.7 Å². The minimum atomic E-state index is -0.583. The lowest BCUT2D eigenvalue weighted by molar-refractivity contribution is -0.116. The molecule has 1 fully saturated rings. The summed E-state index contributed by atoms with van der Waals surface area (Å²) in [5, 5.41) is 3.96. The number of pyridine rings is 1. The number of hydrogen-bond donors (Lipinski definition) is 1. The molecule has 182 valence electrons. The molecule has 0 saturated carbocycles. The fraction of sp³-hybridized carbons (Fsp3) is 0.360. The van der Waals surface area contributed by atoms with E-state index in [1.807, 2.05) is 0 Å². The zero-order valence-electron chi connectivity index (χ0n) is 19.3. The molecule has 0 aliphatic carbocycles. The van der Waals surface area contributed by atoms with Crippen molar-refractivity contribution in [3.63, 3.8) is 0 Å². The van der Waals surface area contributed by atoms with Crippen molar-refractivity contribution in [1.82, 2.24) is 15.0 Å². The molecule has 1 saturated heterocycles. The van der Waals surface area contributed by atoms with E-state index in [1.165, 1.54) is 19.3 Å². The highest BCUT2D eigenvalue weighted by Gasteiger charge is 2.28. The number of hydrogen-bond acceptors (Lipinski definition) is 9. The SMILES string of the molecule is C=CC(=O)C[C@H]1CCOC[C@H]1Nc1ncc2cc(-c3c(F)c(OC)cc4c3OCCO4)ncc2n1. The third kappa shape index (κ3) is 4.61. The molecule has 2 atom stereocenters. The first kappa shape index (κ1) is 23.0. The monoisotopic (exact) mass is 480 g/mol. The molecular weight excluding hydrogens is 455 g/mol. The van der Waals surface area contributed by atoms with Gasteiger partial charge in [-0.25, -0.2) is 14.4 Å². The molecule has 2 aromatic heterocycles. The van der Waals surface area contributed by atoms with Crippen LogP contribution < -0.4 is 19.5 Å². The first-order valence-electron chi connectivity index (χ1n) is 11.4. The number of nitrogens with one attached hydrogen (secondary N) is 1. The van der Waals surface area contributed by atoms with Crippen molar-refractivity contribution >= 4 is 22.6 Å². The molecule has 35 heavy (non-hydrogen) atoms. The van der Waals surface area contributed by atoms with E-state index >= 15 is 4.39 Å². The maximum atomic E-state index is 15.2. The number of allylic oxidation sites excluding steroid dienone is 1. The quantitative estimate of drug-likeness (QED) is 0.508. The zero-order valence-corrected chi connectivity index (χ0v) is 19.3. The molecule has 0 amide bonds. The number of fused-ring (bicyclic) bond motifs is 2. The number of halogens is 1. The van der Waals surface area contributed by atoms with Crippen LogP contribution in [0, 0.1) is 11.7 Å². The Bertz CT molecular complexity index is 1280. The Balaban J connectivity index is 1.44. The smallest absolute Gasteiger partial charge is 0.223 e. The van der Waals surface area contributed by atoms with Crippen LogP contribution in [0.1, 0.15) is 12.8 Å². The van der Waals surface area contributed by atoms with Gasteiger partial charge in [-0.3, -0.25) is 9.78 Å². The molecule has 2 aliphatic rings. The van der Waals surface area contributed by atoms with Crippen LogP contribution in [0.5, 0.6) is 17.2 Å². The van der Waals surface area contributed by atoms with Crippen LogP contribution in [0.25, 0.3) is 22.2 Å². The summed E-state index contributed by atoms with van der Waals surface area (Å²) in [5.41, 5.74) is 1.09. The van der Waals surface area contributed by atoms with Crippen molar-refractivity contribution in [2.75, 3.05) is 38.9 Å². The van der Waals surface area contributed by atoms with Crippen LogP contribution in [0.3, 0.4) is 0 Å². The van der Waals surface area contributed by atoms with E-state index in [2.05, 4.69) is 26.8 Å². The molecule has 0 bridgehead atoms. The highest BCUT2D eigenvalue weighted by atomic mass is 19.1. The molecule has 3 aromatic rings. The van der Waals surface area contributed by atoms with Gasteiger partial charge >= 0.3 is 0 Å². The second-order valence-electron chi connectivity index (χ2n) is 8.36. The summed E-state index contributed by atoms with van der Waals surface area (Å²) in [7, 11) is 1.39. The normalized spacial score (nSPS) is 19.3. The molecule has 1 N–H and O–H groups in total. The number of anilines is 1. The Kier molecular flexibility index (Phi) is 6.45. The fourth-order valence-electron chi connectivity index (χ4n) is 4.35. The number of aromatic nitrogens is 3. The molecule has 4 heterocycles. The Morgan fingerprint density at radius 1 is 1.26 bits per heavy atom. The number of carbonyl (C=O) groups is 1. The van der Waals surface area contributed by atoms with Gasteiger partial charge in [-0.2, -0.15) is 0 Å². The topological polar surface area (TPSA) is 105 Å². The number of methoxy groups -OCH3 is 1. The summed E-state index contributed by atoms with van der Waals surface area (Å²) < 4.78 is 37.3. The maximum Gasteiger partial charge on any atom is 0.223 e. The Hall–Kier alpha value is -3.79. The number of ether oxygens (including phenoxy) is 4. The van der Waals surface area contributed by atoms with Crippen LogP contribution in [-0.4, -0.2) is 60.3 Å². The summed E-state index contributed by atoms with van der Waals surface area (Å²) in [4.78, 5) is 25.3. The molecule has 0 radical (unpaired) electrons. The summed E-state index contributed by atoms with van der Waals surface area (Å²) >= 11 is 0. The largest absolute Gasteiger partial charge is 0.494 e. The lowest BCUT2D eigenvalue weighted by Crippen LogP contribution is -2.40. The molecule has 2 aliphatic heterocycles. The molecular formula is C25H25FN4O5. The number of rotatable bonds is 7. The van der Waals surface area contributed by atoms with E-state index in [0.717, 1.165) is 6.42 Å². The van der Waals surface area contributed by atoms with Gasteiger partial charge < -0.3 is 24.3 Å². The van der Waals surface area contributed by atoms with Gasteiger partial charge in [0.1, 0.15) is 13.2 Å². The molecule has 1 aromatic carbocycles. The number of benzene rings is 1. The predicted molar refractivity (Wildman–Crippen MR) is 126 cm³/mol. The lowest BCUT2D eigenvalue weighted by Gasteiger charge is -2.31. The lowest BCUT2D eigenvalue weighted by atomic mass is 9.90. The van der Waals surface area contributed by atoms with Gasteiger partial charge in [-0.15, -0.1) is 0 Å². The van der Waals surface area contributed by atoms with E-state index in [-0.39, 0.29) is 34.8 Å². The Morgan fingerprint density at radius 3 is 2.94 bits per heavy atom. The minimum absolute atomic E-state index is 0.00111. The van der Waals surface area contributed by atoms with Crippen molar-refractivity contribution in [3.05, 3.63) is 43.0 Å². The van der Waals surface area contributed by atoms with Crippen LogP contribution in [0.4, 0.5) is 10.3 Å². The number of carbonyl (C=O) groups excluding carboxylic acids is 1. The van der Waals surface area contributed by atoms with E-state index in [1.54, 1.807) is 18.5 Å². The third-order valence-electron chi connectivity index (χ3n) is 6.18. The van der Waals surface area contributed by atoms with Gasteiger partial charge in [0.05, 0.1) is 42.7 Å². The van der Waals surface area contributed by atoms with Crippen LogP contribution in [-0.2, 0) is 9.53 Å². The summed E-state index contributed by atoms with van der Waals surface area (Å²) in [6, 6.07) is 3.07. The number of ketones is 1. The Labute approximate surface area is 201 Å². The van der Waals surface area contributed by atoms with Crippen molar-refractivity contribution in [2.24, 2.45) is 5.92 Å². The molecule has 10 heteroatoms. The van der Waals surface area contributed by atoms with Crippen molar-refractivity contribution in [3.8, 4) is 28.5 Å². The molecule has 0 spiro atoms. The summed E-state index contributed by atoms with van der Waals surface area (Å²) in [5.74, 6) is 0.653. The average Bonchev–Trinajstić information content (AvgIpc) is 2.89. The second kappa shape index (κ2) is 9.83. The van der Waals surface area contributed by atoms with Gasteiger partial charge in [0.25, 0.3) is 0 Å². The van der Waals surface area contributed by atoms with E-state index in [0.29, 0.717) is 61.1 Å². The van der Waals surface area contributed by atoms with Crippen molar-refractivity contribution in [1.29, 1.82) is 0 Å². The maximum absolute atomic E-state index is 15.2. The summed E-state index contributed by atoms with van der Waals surface area (Å²) in [6.45, 7) is 5.30. The van der Waals surface area contributed by atoms with Crippen LogP contribution in [0.2, 0.25) is 0 Å². The van der Waals surface area contributed by atoms with E-state index in [9.17, 15) is 4.79 Å². The van der Waals surface area contributed by atoms with Gasteiger partial charge in [0.2, 0.25) is 5.95 Å². The standard InChI is InChI=1S/C25H25FN4O5/c1-3-16(31)8-14-4-5-33-13-19(14)30-25-28-11-15-9-17(27-12-18(15)29-25)22-23(26)20(32-2)10-21-24(22)35-7-6-34-21/h3,9-12,14,19H,1,4-8,13H2,2H3,(H,28,29,30)/t14-,19-/m1/s1. The third-order valence-corrected chi connectivity index (χ3v) is 6.18. The van der Waals surface area contributed by atoms with Crippen molar-refractivity contribution in [2.45, 2.75) is 18.9 Å². The predicted octanol–water partition coefficient (Wildman–Crippen LogP) is 3.57. The van der Waals surface area contributed by atoms with Gasteiger partial charge in [-0.05, 0) is 24.5 Å². The average molecular weight is 480 g/mol. The molecule has 0 unspecified atom stereocenters. The van der Waals surface area contributed by atoms with E-state index in [4.69, 9.17) is 18.9 Å². The highest BCUT2D eigenvalue weighted by molar-refractivity contribution is 5.89. The fourth-order valence-corrected chi connectivity index (χ4v) is 4.35. The van der Waals surface area contributed by atoms with Crippen LogP contribution in [0.15, 0.2) is 37.2 Å². The minimum Gasteiger partial charge on any atom is -0.494 e.